The predicted molar refractivity (Wildman–Crippen MR) is 136 cm³/mol. The lowest BCUT2D eigenvalue weighted by Gasteiger charge is -2.20. The predicted octanol–water partition coefficient (Wildman–Crippen LogP) is 5.28. The molecule has 0 saturated carbocycles. The molecule has 0 radical (unpaired) electrons. The van der Waals surface area contributed by atoms with Crippen LogP contribution in [0.1, 0.15) is 39.2 Å². The third-order valence-electron chi connectivity index (χ3n) is 6.49. The van der Waals surface area contributed by atoms with Crippen LogP contribution in [0.25, 0.3) is 32.6 Å². The van der Waals surface area contributed by atoms with Gasteiger partial charge >= 0.3 is 0 Å². The first-order chi connectivity index (χ1) is 15.0. The first-order valence-corrected chi connectivity index (χ1v) is 11.4. The number of rotatable bonds is 9. The van der Waals surface area contributed by atoms with Crippen LogP contribution in [0.5, 0.6) is 5.75 Å². The standard InChI is InChI=1S/C26H34N4O.H2O/c1-6-30(7-2)14-8-9-17(3)28-26-23-16-22-21-15-19(31-5)10-11-24(21)29-25(22)18(4)20(23)12-13-27-26;/h10-13,15-17,29H,6-9,14H2,1-5H3,(H,27,28);1H2. The third-order valence-corrected chi connectivity index (χ3v) is 6.49. The van der Waals surface area contributed by atoms with Crippen LogP contribution in [0.2, 0.25) is 0 Å². The van der Waals surface area contributed by atoms with E-state index in [1.807, 2.05) is 12.3 Å². The molecule has 2 aromatic heterocycles. The minimum Gasteiger partial charge on any atom is -0.497 e. The van der Waals surface area contributed by atoms with E-state index in [1.54, 1.807) is 7.11 Å². The van der Waals surface area contributed by atoms with Crippen molar-refractivity contribution in [3.05, 3.63) is 42.1 Å². The van der Waals surface area contributed by atoms with E-state index >= 15 is 0 Å². The zero-order valence-corrected chi connectivity index (χ0v) is 19.9. The van der Waals surface area contributed by atoms with Crippen molar-refractivity contribution >= 4 is 38.4 Å². The number of H-pyrrole nitrogens is 1. The van der Waals surface area contributed by atoms with Gasteiger partial charge in [-0.2, -0.15) is 0 Å². The monoisotopic (exact) mass is 436 g/mol. The molecular weight excluding hydrogens is 400 g/mol. The number of aromatic amines is 1. The van der Waals surface area contributed by atoms with E-state index in [0.717, 1.165) is 43.1 Å². The van der Waals surface area contributed by atoms with Gasteiger partial charge in [0.05, 0.1) is 12.6 Å². The first-order valence-electron chi connectivity index (χ1n) is 11.4. The molecule has 1 unspecified atom stereocenters. The Balaban J connectivity index is 0.00000289. The number of hydrogen-bond acceptors (Lipinski definition) is 4. The Bertz CT molecular complexity index is 1200. The van der Waals surface area contributed by atoms with Gasteiger partial charge in [-0.3, -0.25) is 0 Å². The Morgan fingerprint density at radius 3 is 2.56 bits per heavy atom. The van der Waals surface area contributed by atoms with E-state index in [9.17, 15) is 0 Å². The summed E-state index contributed by atoms with van der Waals surface area (Å²) in [6.45, 7) is 12.3. The lowest BCUT2D eigenvalue weighted by Crippen LogP contribution is -2.25. The second-order valence-corrected chi connectivity index (χ2v) is 8.43. The van der Waals surface area contributed by atoms with Crippen LogP contribution in [0, 0.1) is 6.92 Å². The van der Waals surface area contributed by atoms with E-state index in [2.05, 4.69) is 67.2 Å². The van der Waals surface area contributed by atoms with Crippen LogP contribution in [-0.2, 0) is 0 Å². The topological polar surface area (TPSA) is 84.7 Å². The molecular formula is C26H36N4O2. The molecule has 0 aliphatic rings. The summed E-state index contributed by atoms with van der Waals surface area (Å²) in [5, 5.41) is 8.49. The highest BCUT2D eigenvalue weighted by molar-refractivity contribution is 6.15. The summed E-state index contributed by atoms with van der Waals surface area (Å²) < 4.78 is 5.46. The molecule has 4 aromatic rings. The molecule has 6 heteroatoms. The highest BCUT2D eigenvalue weighted by atomic mass is 16.5. The number of pyridine rings is 1. The fourth-order valence-electron chi connectivity index (χ4n) is 4.57. The molecule has 2 aromatic carbocycles. The number of nitrogens with zero attached hydrogens (tertiary/aromatic N) is 2. The lowest BCUT2D eigenvalue weighted by molar-refractivity contribution is 0.295. The van der Waals surface area contributed by atoms with Crippen molar-refractivity contribution in [2.45, 2.75) is 46.6 Å². The maximum absolute atomic E-state index is 5.46. The number of ether oxygens (including phenoxy) is 1. The average molecular weight is 437 g/mol. The molecule has 6 nitrogen and oxygen atoms in total. The number of anilines is 1. The van der Waals surface area contributed by atoms with Gasteiger partial charge in [0.25, 0.3) is 0 Å². The van der Waals surface area contributed by atoms with Gasteiger partial charge in [-0.15, -0.1) is 0 Å². The van der Waals surface area contributed by atoms with Crippen molar-refractivity contribution in [2.24, 2.45) is 0 Å². The summed E-state index contributed by atoms with van der Waals surface area (Å²) >= 11 is 0. The Kier molecular flexibility index (Phi) is 7.59. The van der Waals surface area contributed by atoms with Gasteiger partial charge < -0.3 is 25.4 Å². The Morgan fingerprint density at radius 1 is 1.06 bits per heavy atom. The Hall–Kier alpha value is -2.83. The van der Waals surface area contributed by atoms with Gasteiger partial charge in [0.2, 0.25) is 0 Å². The second-order valence-electron chi connectivity index (χ2n) is 8.43. The van der Waals surface area contributed by atoms with E-state index in [4.69, 9.17) is 9.72 Å². The number of fused-ring (bicyclic) bond motifs is 4. The van der Waals surface area contributed by atoms with Gasteiger partial charge in [-0.1, -0.05) is 13.8 Å². The molecule has 0 fully saturated rings. The van der Waals surface area contributed by atoms with Crippen LogP contribution in [0.3, 0.4) is 0 Å². The van der Waals surface area contributed by atoms with E-state index in [0.29, 0.717) is 6.04 Å². The molecule has 0 bridgehead atoms. The molecule has 32 heavy (non-hydrogen) atoms. The van der Waals surface area contributed by atoms with Gasteiger partial charge in [0.15, 0.2) is 0 Å². The fraction of sp³-hybridized carbons (Fsp3) is 0.423. The van der Waals surface area contributed by atoms with Gasteiger partial charge in [0.1, 0.15) is 11.6 Å². The minimum absolute atomic E-state index is 0. The van der Waals surface area contributed by atoms with Crippen LogP contribution in [0.4, 0.5) is 5.82 Å². The van der Waals surface area contributed by atoms with Crippen molar-refractivity contribution in [3.8, 4) is 5.75 Å². The largest absolute Gasteiger partial charge is 0.497 e. The molecule has 1 atom stereocenters. The zero-order chi connectivity index (χ0) is 22.0. The summed E-state index contributed by atoms with van der Waals surface area (Å²) in [4.78, 5) is 10.8. The molecule has 0 amide bonds. The first kappa shape index (κ1) is 23.8. The number of benzene rings is 2. The van der Waals surface area contributed by atoms with Gasteiger partial charge in [0, 0.05) is 33.9 Å². The molecule has 0 aliphatic carbocycles. The van der Waals surface area contributed by atoms with E-state index in [-0.39, 0.29) is 5.48 Å². The smallest absolute Gasteiger partial charge is 0.134 e. The molecule has 2 heterocycles. The highest BCUT2D eigenvalue weighted by Gasteiger charge is 2.14. The average Bonchev–Trinajstić information content (AvgIpc) is 3.15. The highest BCUT2D eigenvalue weighted by Crippen LogP contribution is 2.36. The maximum atomic E-state index is 5.46. The summed E-state index contributed by atoms with van der Waals surface area (Å²) in [7, 11) is 1.71. The molecule has 4 rings (SSSR count). The number of methoxy groups -OCH3 is 1. The molecule has 0 spiro atoms. The Labute approximate surface area is 190 Å². The van der Waals surface area contributed by atoms with E-state index < -0.39 is 0 Å². The SMILES string of the molecule is CCN(CC)CCCC(C)Nc1nccc2c(C)c3[nH]c4ccc(OC)cc4c3cc12.O. The van der Waals surface area contributed by atoms with Crippen molar-refractivity contribution in [1.29, 1.82) is 0 Å². The van der Waals surface area contributed by atoms with Crippen LogP contribution in [-0.4, -0.2) is 53.1 Å². The Morgan fingerprint density at radius 2 is 1.84 bits per heavy atom. The number of aryl methyl sites for hydroxylation is 1. The summed E-state index contributed by atoms with van der Waals surface area (Å²) in [5.41, 5.74) is 3.56. The molecule has 0 saturated heterocycles. The van der Waals surface area contributed by atoms with Crippen molar-refractivity contribution in [2.75, 3.05) is 32.1 Å². The lowest BCUT2D eigenvalue weighted by atomic mass is 10.0. The molecule has 0 aliphatic heterocycles. The summed E-state index contributed by atoms with van der Waals surface area (Å²) in [6.07, 6.45) is 4.23. The zero-order valence-electron chi connectivity index (χ0n) is 19.9. The van der Waals surface area contributed by atoms with Gasteiger partial charge in [-0.05, 0) is 87.6 Å². The summed E-state index contributed by atoms with van der Waals surface area (Å²) in [5.74, 6) is 1.84. The van der Waals surface area contributed by atoms with Crippen molar-refractivity contribution in [3.63, 3.8) is 0 Å². The fourth-order valence-corrected chi connectivity index (χ4v) is 4.57. The van der Waals surface area contributed by atoms with Crippen LogP contribution >= 0.6 is 0 Å². The van der Waals surface area contributed by atoms with Gasteiger partial charge in [-0.25, -0.2) is 4.98 Å². The van der Waals surface area contributed by atoms with Crippen molar-refractivity contribution in [1.82, 2.24) is 14.9 Å². The molecule has 172 valence electrons. The van der Waals surface area contributed by atoms with Crippen molar-refractivity contribution < 1.29 is 10.2 Å². The number of nitrogens with one attached hydrogen (secondary N) is 2. The number of aromatic nitrogens is 2. The summed E-state index contributed by atoms with van der Waals surface area (Å²) in [6, 6.07) is 11.0. The minimum atomic E-state index is 0. The maximum Gasteiger partial charge on any atom is 0.134 e. The third kappa shape index (κ3) is 4.52. The second kappa shape index (κ2) is 10.2. The van der Waals surface area contributed by atoms with Crippen LogP contribution < -0.4 is 10.1 Å². The number of hydrogen-bond donors (Lipinski definition) is 2. The van der Waals surface area contributed by atoms with Crippen LogP contribution in [0.15, 0.2) is 36.5 Å². The molecule has 4 N–H and O–H groups in total. The quantitative estimate of drug-likeness (QED) is 0.374. The normalized spacial score (nSPS) is 12.4. The van der Waals surface area contributed by atoms with E-state index in [1.165, 1.54) is 39.0 Å².